The van der Waals surface area contributed by atoms with Crippen molar-refractivity contribution >= 4 is 23.1 Å². The van der Waals surface area contributed by atoms with Crippen LogP contribution in [0, 0.1) is 12.7 Å². The van der Waals surface area contributed by atoms with E-state index in [0.717, 1.165) is 0 Å². The molecule has 21 heavy (non-hydrogen) atoms. The van der Waals surface area contributed by atoms with E-state index in [9.17, 15) is 9.18 Å². The lowest BCUT2D eigenvalue weighted by Crippen LogP contribution is -2.14. The van der Waals surface area contributed by atoms with Crippen LogP contribution in [-0.2, 0) is 0 Å². The van der Waals surface area contributed by atoms with Gasteiger partial charge < -0.3 is 10.1 Å². The number of nitrogens with one attached hydrogen (secondary N) is 1. The molecule has 0 bridgehead atoms. The molecule has 0 aliphatic rings. The highest BCUT2D eigenvalue weighted by Crippen LogP contribution is 2.27. The van der Waals surface area contributed by atoms with Crippen LogP contribution in [-0.4, -0.2) is 19.4 Å². The predicted octanol–water partition coefficient (Wildman–Crippen LogP) is 4.09. The molecule has 2 rings (SSSR count). The number of halogens is 2. The molecule has 0 heterocycles. The van der Waals surface area contributed by atoms with Crippen molar-refractivity contribution in [2.75, 3.05) is 19.0 Å². The average molecular weight is 308 g/mol. The van der Waals surface area contributed by atoms with E-state index in [1.54, 1.807) is 37.3 Å². The second kappa shape index (κ2) is 6.59. The Morgan fingerprint density at radius 2 is 2.05 bits per heavy atom. The van der Waals surface area contributed by atoms with Gasteiger partial charge in [0.05, 0.1) is 19.3 Å². The maximum absolute atomic E-state index is 13.5. The van der Waals surface area contributed by atoms with Crippen molar-refractivity contribution in [3.05, 3.63) is 58.4 Å². The van der Waals surface area contributed by atoms with Crippen molar-refractivity contribution in [3.63, 3.8) is 0 Å². The monoisotopic (exact) mass is 307 g/mol. The summed E-state index contributed by atoms with van der Waals surface area (Å²) in [7, 11) is 1.53. The van der Waals surface area contributed by atoms with Crippen molar-refractivity contribution < 1.29 is 13.9 Å². The number of methoxy groups -OCH3 is 1. The molecule has 0 fully saturated rings. The number of carbonyl (C=O) groups excluding carboxylic acids is 1. The highest BCUT2D eigenvalue weighted by Gasteiger charge is 2.10. The molecule has 0 spiro atoms. The minimum absolute atomic E-state index is 0.0270. The van der Waals surface area contributed by atoms with E-state index in [1.807, 2.05) is 0 Å². The normalized spacial score (nSPS) is 10.3. The lowest BCUT2D eigenvalue weighted by atomic mass is 10.1. The third-order valence-corrected chi connectivity index (χ3v) is 3.33. The highest BCUT2D eigenvalue weighted by molar-refractivity contribution is 6.30. The van der Waals surface area contributed by atoms with Gasteiger partial charge in [-0.25, -0.2) is 4.39 Å². The molecule has 0 saturated carbocycles. The van der Waals surface area contributed by atoms with E-state index in [1.165, 1.54) is 13.2 Å². The van der Waals surface area contributed by atoms with Crippen molar-refractivity contribution in [2.24, 2.45) is 0 Å². The molecule has 0 aromatic heterocycles. The summed E-state index contributed by atoms with van der Waals surface area (Å²) in [5.41, 5.74) is 1.45. The van der Waals surface area contributed by atoms with E-state index in [0.29, 0.717) is 27.6 Å². The minimum Gasteiger partial charge on any atom is -0.495 e. The number of benzene rings is 2. The Labute approximate surface area is 127 Å². The van der Waals surface area contributed by atoms with Crippen LogP contribution in [0.15, 0.2) is 36.4 Å². The Hall–Kier alpha value is -2.07. The molecule has 0 saturated heterocycles. The first-order valence-corrected chi connectivity index (χ1v) is 6.76. The summed E-state index contributed by atoms with van der Waals surface area (Å²) in [6.45, 7) is 1.68. The summed E-state index contributed by atoms with van der Waals surface area (Å²) in [6, 6.07) is 9.52. The highest BCUT2D eigenvalue weighted by atomic mass is 35.5. The molecule has 110 valence electrons. The molecule has 1 N–H and O–H groups in total. The standard InChI is InChI=1S/C16H15ClFNO2/c1-10-3-4-11(7-13(10)18)15(20)9-19-14-8-12(17)5-6-16(14)21-2/h3-8,19H,9H2,1-2H3. The van der Waals surface area contributed by atoms with Crippen LogP contribution in [0.3, 0.4) is 0 Å². The van der Waals surface area contributed by atoms with E-state index in [2.05, 4.69) is 5.32 Å². The zero-order valence-corrected chi connectivity index (χ0v) is 12.5. The van der Waals surface area contributed by atoms with Crippen LogP contribution in [0.4, 0.5) is 10.1 Å². The molecule has 0 radical (unpaired) electrons. The first-order chi connectivity index (χ1) is 10.0. The van der Waals surface area contributed by atoms with Crippen molar-refractivity contribution in [1.29, 1.82) is 0 Å². The van der Waals surface area contributed by atoms with Crippen LogP contribution < -0.4 is 10.1 Å². The third kappa shape index (κ3) is 3.73. The van der Waals surface area contributed by atoms with Gasteiger partial charge in [0.25, 0.3) is 0 Å². The van der Waals surface area contributed by atoms with Gasteiger partial charge in [0.1, 0.15) is 11.6 Å². The Bertz CT molecular complexity index is 673. The number of rotatable bonds is 5. The molecule has 0 aliphatic carbocycles. The number of hydrogen-bond acceptors (Lipinski definition) is 3. The summed E-state index contributed by atoms with van der Waals surface area (Å²) in [5.74, 6) is -0.0144. The lowest BCUT2D eigenvalue weighted by Gasteiger charge is -2.11. The van der Waals surface area contributed by atoms with Gasteiger partial charge in [0.15, 0.2) is 5.78 Å². The predicted molar refractivity (Wildman–Crippen MR) is 82.0 cm³/mol. The van der Waals surface area contributed by atoms with Crippen LogP contribution in [0.5, 0.6) is 5.75 Å². The fourth-order valence-electron chi connectivity index (χ4n) is 1.86. The number of anilines is 1. The molecule has 0 aliphatic heterocycles. The maximum Gasteiger partial charge on any atom is 0.181 e. The molecular weight excluding hydrogens is 293 g/mol. The van der Waals surface area contributed by atoms with E-state index >= 15 is 0 Å². The summed E-state index contributed by atoms with van der Waals surface area (Å²) >= 11 is 5.91. The molecule has 2 aromatic carbocycles. The Morgan fingerprint density at radius 1 is 1.29 bits per heavy atom. The van der Waals surface area contributed by atoms with E-state index in [4.69, 9.17) is 16.3 Å². The SMILES string of the molecule is COc1ccc(Cl)cc1NCC(=O)c1ccc(C)c(F)c1. The van der Waals surface area contributed by atoms with Crippen LogP contribution in [0.1, 0.15) is 15.9 Å². The van der Waals surface area contributed by atoms with Gasteiger partial charge in [-0.05, 0) is 36.8 Å². The zero-order valence-electron chi connectivity index (χ0n) is 11.7. The van der Waals surface area contributed by atoms with Crippen LogP contribution in [0.25, 0.3) is 0 Å². The van der Waals surface area contributed by atoms with Gasteiger partial charge in [-0.2, -0.15) is 0 Å². The summed E-state index contributed by atoms with van der Waals surface area (Å²) in [5, 5.41) is 3.49. The molecule has 5 heteroatoms. The maximum atomic E-state index is 13.5. The Kier molecular flexibility index (Phi) is 4.81. The van der Waals surface area contributed by atoms with Crippen molar-refractivity contribution in [2.45, 2.75) is 6.92 Å². The van der Waals surface area contributed by atoms with Gasteiger partial charge in [-0.1, -0.05) is 23.7 Å². The number of aryl methyl sites for hydroxylation is 1. The second-order valence-corrected chi connectivity index (χ2v) is 5.02. The number of carbonyl (C=O) groups is 1. The molecule has 0 atom stereocenters. The van der Waals surface area contributed by atoms with Gasteiger partial charge in [0, 0.05) is 10.6 Å². The van der Waals surface area contributed by atoms with Crippen LogP contribution >= 0.6 is 11.6 Å². The number of ketones is 1. The quantitative estimate of drug-likeness (QED) is 0.846. The summed E-state index contributed by atoms with van der Waals surface area (Å²) in [6.07, 6.45) is 0. The lowest BCUT2D eigenvalue weighted by molar-refractivity contribution is 0.101. The Morgan fingerprint density at radius 3 is 2.71 bits per heavy atom. The third-order valence-electron chi connectivity index (χ3n) is 3.09. The van der Waals surface area contributed by atoms with Gasteiger partial charge in [-0.3, -0.25) is 4.79 Å². The second-order valence-electron chi connectivity index (χ2n) is 4.59. The largest absolute Gasteiger partial charge is 0.495 e. The first-order valence-electron chi connectivity index (χ1n) is 6.38. The molecule has 0 amide bonds. The van der Waals surface area contributed by atoms with Crippen molar-refractivity contribution in [1.82, 2.24) is 0 Å². The van der Waals surface area contributed by atoms with Gasteiger partial charge >= 0.3 is 0 Å². The molecule has 3 nitrogen and oxygen atoms in total. The zero-order chi connectivity index (χ0) is 15.4. The molecular formula is C16H15ClFNO2. The van der Waals surface area contributed by atoms with E-state index in [-0.39, 0.29) is 18.1 Å². The number of hydrogen-bond donors (Lipinski definition) is 1. The summed E-state index contributed by atoms with van der Waals surface area (Å²) < 4.78 is 18.6. The Balaban J connectivity index is 2.10. The van der Waals surface area contributed by atoms with Crippen molar-refractivity contribution in [3.8, 4) is 5.75 Å². The van der Waals surface area contributed by atoms with Gasteiger partial charge in [0.2, 0.25) is 0 Å². The van der Waals surface area contributed by atoms with Crippen LogP contribution in [0.2, 0.25) is 5.02 Å². The average Bonchev–Trinajstić information content (AvgIpc) is 2.47. The number of Topliss-reactive ketones (excluding diaryl/α,β-unsaturated/α-hetero) is 1. The van der Waals surface area contributed by atoms with Gasteiger partial charge in [-0.15, -0.1) is 0 Å². The smallest absolute Gasteiger partial charge is 0.181 e. The molecule has 0 unspecified atom stereocenters. The summed E-state index contributed by atoms with van der Waals surface area (Å²) in [4.78, 5) is 12.1. The first kappa shape index (κ1) is 15.3. The molecule has 2 aromatic rings. The number of ether oxygens (including phenoxy) is 1. The van der Waals surface area contributed by atoms with E-state index < -0.39 is 0 Å². The fourth-order valence-corrected chi connectivity index (χ4v) is 2.03. The topological polar surface area (TPSA) is 38.3 Å². The minimum atomic E-state index is -0.388. The fraction of sp³-hybridized carbons (Fsp3) is 0.188.